The lowest BCUT2D eigenvalue weighted by Crippen LogP contribution is -2.27. The van der Waals surface area contributed by atoms with E-state index in [1.807, 2.05) is 60.7 Å². The minimum absolute atomic E-state index is 0.000689. The first-order valence-electron chi connectivity index (χ1n) is 12.2. The fourth-order valence-electron chi connectivity index (χ4n) is 4.68. The van der Waals surface area contributed by atoms with Gasteiger partial charge in [0.1, 0.15) is 11.5 Å². The first kappa shape index (κ1) is 24.7. The van der Waals surface area contributed by atoms with Crippen LogP contribution in [0, 0.1) is 0 Å². The quantitative estimate of drug-likeness (QED) is 0.229. The van der Waals surface area contributed by atoms with Crippen LogP contribution in [0.2, 0.25) is 0 Å². The van der Waals surface area contributed by atoms with Crippen molar-refractivity contribution < 1.29 is 19.1 Å². The van der Waals surface area contributed by atoms with Gasteiger partial charge in [-0.3, -0.25) is 9.59 Å². The summed E-state index contributed by atoms with van der Waals surface area (Å²) in [6.07, 6.45) is 1.25. The summed E-state index contributed by atoms with van der Waals surface area (Å²) < 4.78 is 11.8. The van der Waals surface area contributed by atoms with E-state index in [9.17, 15) is 9.59 Å². The molecule has 0 bridgehead atoms. The van der Waals surface area contributed by atoms with Crippen LogP contribution in [0.15, 0.2) is 72.8 Å². The minimum atomic E-state index is -0.551. The third kappa shape index (κ3) is 4.48. The molecule has 0 fully saturated rings. The number of carbonyl (C=O) groups is 2. The van der Waals surface area contributed by atoms with E-state index in [2.05, 4.69) is 0 Å². The predicted octanol–water partition coefficient (Wildman–Crippen LogP) is 4.03. The Kier molecular flexibility index (Phi) is 6.62. The maximum absolute atomic E-state index is 13.8. The monoisotopic (exact) mass is 508 g/mol. The van der Waals surface area contributed by atoms with Gasteiger partial charge in [0.2, 0.25) is 0 Å². The van der Waals surface area contributed by atoms with Gasteiger partial charge in [-0.2, -0.15) is 0 Å². The molecule has 192 valence electrons. The molecule has 8 nitrogen and oxygen atoms in total. The van der Waals surface area contributed by atoms with Crippen LogP contribution in [-0.2, 0) is 12.8 Å². The molecule has 0 spiro atoms. The SMILES string of the molecule is Nc1cc(OCCc2ccccc2)c(N)c2c1C(=O)c1c(N)cc(OCCc3ccccc3)c(N)c1C2=O. The summed E-state index contributed by atoms with van der Waals surface area (Å²) in [6.45, 7) is 0.610. The second kappa shape index (κ2) is 10.2. The lowest BCUT2D eigenvalue weighted by molar-refractivity contribution is 0.0981. The molecule has 0 radical (unpaired) electrons. The van der Waals surface area contributed by atoms with Gasteiger partial charge in [-0.25, -0.2) is 0 Å². The summed E-state index contributed by atoms with van der Waals surface area (Å²) >= 11 is 0. The lowest BCUT2D eigenvalue weighted by atomic mass is 9.80. The van der Waals surface area contributed by atoms with E-state index in [0.717, 1.165) is 11.1 Å². The first-order chi connectivity index (χ1) is 18.4. The average molecular weight is 509 g/mol. The average Bonchev–Trinajstić information content (AvgIpc) is 2.92. The summed E-state index contributed by atoms with van der Waals surface area (Å²) in [5.41, 5.74) is 27.5. The van der Waals surface area contributed by atoms with Crippen molar-refractivity contribution in [3.63, 3.8) is 0 Å². The number of fused-ring (bicyclic) bond motifs is 2. The number of benzene rings is 4. The highest BCUT2D eigenvalue weighted by molar-refractivity contribution is 6.35. The smallest absolute Gasteiger partial charge is 0.199 e. The molecule has 1 aliphatic carbocycles. The third-order valence-electron chi connectivity index (χ3n) is 6.61. The molecule has 0 atom stereocenters. The van der Waals surface area contributed by atoms with Crippen molar-refractivity contribution in [3.8, 4) is 11.5 Å². The molecule has 0 aromatic heterocycles. The highest BCUT2D eigenvalue weighted by Gasteiger charge is 2.38. The second-order valence-electron chi connectivity index (χ2n) is 9.08. The Balaban J connectivity index is 1.45. The van der Waals surface area contributed by atoms with Crippen LogP contribution >= 0.6 is 0 Å². The van der Waals surface area contributed by atoms with Crippen molar-refractivity contribution in [2.24, 2.45) is 0 Å². The molecule has 1 aliphatic rings. The maximum atomic E-state index is 13.8. The number of anilines is 4. The number of hydrogen-bond donors (Lipinski definition) is 4. The molecule has 5 rings (SSSR count). The fourth-order valence-corrected chi connectivity index (χ4v) is 4.68. The lowest BCUT2D eigenvalue weighted by Gasteiger charge is -2.25. The van der Waals surface area contributed by atoms with Gasteiger partial charge in [-0.1, -0.05) is 60.7 Å². The van der Waals surface area contributed by atoms with Crippen LogP contribution in [0.3, 0.4) is 0 Å². The van der Waals surface area contributed by atoms with Crippen LogP contribution in [0.5, 0.6) is 11.5 Å². The molecule has 0 amide bonds. The van der Waals surface area contributed by atoms with E-state index in [0.29, 0.717) is 26.1 Å². The van der Waals surface area contributed by atoms with E-state index in [1.54, 1.807) is 0 Å². The van der Waals surface area contributed by atoms with E-state index < -0.39 is 11.6 Å². The van der Waals surface area contributed by atoms with E-state index in [1.165, 1.54) is 12.1 Å². The molecule has 0 aliphatic heterocycles. The zero-order chi connectivity index (χ0) is 26.8. The highest BCUT2D eigenvalue weighted by atomic mass is 16.5. The van der Waals surface area contributed by atoms with Crippen molar-refractivity contribution in [1.29, 1.82) is 0 Å². The number of nitrogen functional groups attached to an aromatic ring is 4. The number of nitrogens with two attached hydrogens (primary N) is 4. The van der Waals surface area contributed by atoms with E-state index in [-0.39, 0.29) is 56.5 Å². The number of hydrogen-bond acceptors (Lipinski definition) is 8. The fraction of sp³-hybridized carbons (Fsp3) is 0.133. The molecular formula is C30H28N4O4. The molecule has 4 aromatic rings. The van der Waals surface area contributed by atoms with Crippen LogP contribution in [0.25, 0.3) is 0 Å². The predicted molar refractivity (Wildman–Crippen MR) is 149 cm³/mol. The molecule has 8 heteroatoms. The number of carbonyl (C=O) groups excluding carboxylic acids is 2. The van der Waals surface area contributed by atoms with Crippen LogP contribution in [0.1, 0.15) is 43.0 Å². The minimum Gasteiger partial charge on any atom is -0.491 e. The Morgan fingerprint density at radius 2 is 0.895 bits per heavy atom. The summed E-state index contributed by atoms with van der Waals surface area (Å²) in [5, 5.41) is 0. The highest BCUT2D eigenvalue weighted by Crippen LogP contribution is 2.44. The van der Waals surface area contributed by atoms with Gasteiger partial charge in [0.05, 0.1) is 46.8 Å². The third-order valence-corrected chi connectivity index (χ3v) is 6.61. The first-order valence-corrected chi connectivity index (χ1v) is 12.2. The molecular weight excluding hydrogens is 480 g/mol. The summed E-state index contributed by atoms with van der Waals surface area (Å²) in [6, 6.07) is 22.5. The van der Waals surface area contributed by atoms with Gasteiger partial charge < -0.3 is 32.4 Å². The number of rotatable bonds is 8. The molecule has 8 N–H and O–H groups in total. The number of ketones is 2. The summed E-state index contributed by atoms with van der Waals surface area (Å²) in [5.74, 6) is -0.619. The zero-order valence-electron chi connectivity index (χ0n) is 20.7. The zero-order valence-corrected chi connectivity index (χ0v) is 20.7. The van der Waals surface area contributed by atoms with Gasteiger partial charge in [-0.15, -0.1) is 0 Å². The largest absolute Gasteiger partial charge is 0.491 e. The molecule has 0 saturated carbocycles. The second-order valence-corrected chi connectivity index (χ2v) is 9.08. The van der Waals surface area contributed by atoms with Crippen molar-refractivity contribution in [2.45, 2.75) is 12.8 Å². The topological polar surface area (TPSA) is 157 Å². The van der Waals surface area contributed by atoms with Crippen LogP contribution < -0.4 is 32.4 Å². The van der Waals surface area contributed by atoms with Crippen molar-refractivity contribution >= 4 is 34.3 Å². The Labute approximate surface area is 220 Å². The van der Waals surface area contributed by atoms with E-state index >= 15 is 0 Å². The molecule has 0 unspecified atom stereocenters. The Hall–Kier alpha value is -4.98. The van der Waals surface area contributed by atoms with Crippen molar-refractivity contribution in [2.75, 3.05) is 36.1 Å². The molecule has 0 heterocycles. The Morgan fingerprint density at radius 1 is 0.526 bits per heavy atom. The van der Waals surface area contributed by atoms with Gasteiger partial charge >= 0.3 is 0 Å². The van der Waals surface area contributed by atoms with E-state index in [4.69, 9.17) is 32.4 Å². The van der Waals surface area contributed by atoms with Gasteiger partial charge in [-0.05, 0) is 11.1 Å². The number of ether oxygens (including phenoxy) is 2. The van der Waals surface area contributed by atoms with Crippen LogP contribution in [0.4, 0.5) is 22.7 Å². The normalized spacial score (nSPS) is 12.1. The summed E-state index contributed by atoms with van der Waals surface area (Å²) in [4.78, 5) is 27.3. The van der Waals surface area contributed by atoms with Gasteiger partial charge in [0.25, 0.3) is 0 Å². The van der Waals surface area contributed by atoms with Gasteiger partial charge in [0.15, 0.2) is 11.6 Å². The molecule has 4 aromatic carbocycles. The van der Waals surface area contributed by atoms with Crippen LogP contribution in [-0.4, -0.2) is 24.8 Å². The van der Waals surface area contributed by atoms with Crippen molar-refractivity contribution in [1.82, 2.24) is 0 Å². The standard InChI is InChI=1S/C30H28N4O4/c31-19-15-21(37-13-11-17-7-3-1-4-8-17)27(33)25-23(19)29(35)24-20(32)16-22(28(34)26(24)30(25)36)38-14-12-18-9-5-2-6-10-18/h1-10,15-16H,11-14,31-34H2. The van der Waals surface area contributed by atoms with Gasteiger partial charge in [0, 0.05) is 36.3 Å². The molecule has 0 saturated heterocycles. The molecule has 38 heavy (non-hydrogen) atoms. The Bertz CT molecular complexity index is 1420. The van der Waals surface area contributed by atoms with Crippen molar-refractivity contribution in [3.05, 3.63) is 106 Å². The Morgan fingerprint density at radius 3 is 1.29 bits per heavy atom. The summed E-state index contributed by atoms with van der Waals surface area (Å²) in [7, 11) is 0. The maximum Gasteiger partial charge on any atom is 0.199 e.